The van der Waals surface area contributed by atoms with Gasteiger partial charge >= 0.3 is 0 Å². The fourth-order valence-electron chi connectivity index (χ4n) is 2.24. The number of anilines is 1. The van der Waals surface area contributed by atoms with Crippen molar-refractivity contribution in [2.24, 2.45) is 0 Å². The molecule has 0 saturated heterocycles. The highest BCUT2D eigenvalue weighted by Crippen LogP contribution is 2.18. The van der Waals surface area contributed by atoms with E-state index in [9.17, 15) is 4.39 Å². The quantitative estimate of drug-likeness (QED) is 0.610. The van der Waals surface area contributed by atoms with Gasteiger partial charge in [-0.15, -0.1) is 0 Å². The van der Waals surface area contributed by atoms with E-state index in [1.165, 1.54) is 30.9 Å². The zero-order valence-electron chi connectivity index (χ0n) is 12.3. The van der Waals surface area contributed by atoms with Gasteiger partial charge in [0.15, 0.2) is 0 Å². The van der Waals surface area contributed by atoms with Crippen molar-refractivity contribution in [2.75, 3.05) is 5.32 Å². The maximum absolute atomic E-state index is 13.6. The number of benzene rings is 2. The van der Waals surface area contributed by atoms with Gasteiger partial charge in [-0.3, -0.25) is 0 Å². The summed E-state index contributed by atoms with van der Waals surface area (Å²) in [7, 11) is 0. The topological polar surface area (TPSA) is 12.0 Å². The van der Waals surface area contributed by atoms with Gasteiger partial charge in [0, 0.05) is 22.3 Å². The van der Waals surface area contributed by atoms with E-state index in [0.29, 0.717) is 12.1 Å². The molecule has 3 heteroatoms. The molecule has 2 aromatic carbocycles. The minimum absolute atomic E-state index is 0.179. The molecule has 0 bridgehead atoms. The second-order valence-electron chi connectivity index (χ2n) is 5.24. The van der Waals surface area contributed by atoms with Gasteiger partial charge in [-0.1, -0.05) is 47.8 Å². The molecule has 0 heterocycles. The van der Waals surface area contributed by atoms with E-state index < -0.39 is 0 Å². The van der Waals surface area contributed by atoms with Crippen molar-refractivity contribution in [3.8, 4) is 0 Å². The first-order valence-electron chi connectivity index (χ1n) is 7.46. The summed E-state index contributed by atoms with van der Waals surface area (Å²) in [6, 6.07) is 13.4. The second kappa shape index (κ2) is 8.18. The fourth-order valence-corrected chi connectivity index (χ4v) is 2.65. The van der Waals surface area contributed by atoms with E-state index in [4.69, 9.17) is 0 Å². The highest BCUT2D eigenvalue weighted by Gasteiger charge is 2.03. The summed E-state index contributed by atoms with van der Waals surface area (Å²) in [4.78, 5) is 0. The minimum Gasteiger partial charge on any atom is -0.381 e. The Morgan fingerprint density at radius 1 is 1.05 bits per heavy atom. The lowest BCUT2D eigenvalue weighted by Gasteiger charge is -2.09. The molecule has 112 valence electrons. The molecule has 0 amide bonds. The van der Waals surface area contributed by atoms with Gasteiger partial charge < -0.3 is 5.32 Å². The molecule has 0 aliphatic heterocycles. The molecular formula is C18H21BrFN. The Morgan fingerprint density at radius 2 is 1.81 bits per heavy atom. The Hall–Kier alpha value is -1.35. The van der Waals surface area contributed by atoms with Crippen molar-refractivity contribution in [3.63, 3.8) is 0 Å². The lowest BCUT2D eigenvalue weighted by Crippen LogP contribution is -2.02. The van der Waals surface area contributed by atoms with Crippen LogP contribution in [0.4, 0.5) is 10.1 Å². The molecule has 1 nitrogen and oxygen atoms in total. The van der Waals surface area contributed by atoms with Crippen molar-refractivity contribution < 1.29 is 4.39 Å². The third-order valence-corrected chi connectivity index (χ3v) is 4.01. The number of halogens is 2. The molecule has 0 aliphatic carbocycles. The molecule has 2 aromatic rings. The van der Waals surface area contributed by atoms with Gasteiger partial charge in [0.1, 0.15) is 5.82 Å². The predicted octanol–water partition coefficient (Wildman–Crippen LogP) is 5.93. The maximum Gasteiger partial charge on any atom is 0.128 e. The number of hydrogen-bond donors (Lipinski definition) is 1. The van der Waals surface area contributed by atoms with Crippen LogP contribution in [0.1, 0.15) is 37.3 Å². The molecule has 0 saturated carbocycles. The molecule has 0 fully saturated rings. The third-order valence-electron chi connectivity index (χ3n) is 3.51. The van der Waals surface area contributed by atoms with Crippen LogP contribution in [0.5, 0.6) is 0 Å². The fraction of sp³-hybridized carbons (Fsp3) is 0.333. The number of hydrogen-bond acceptors (Lipinski definition) is 1. The molecule has 0 spiro atoms. The standard InChI is InChI=1S/C18H21BrFN/c1-2-3-4-5-14-6-9-17(10-7-14)21-13-15-12-16(19)8-11-18(15)20/h6-12,21H,2-5,13H2,1H3. The summed E-state index contributed by atoms with van der Waals surface area (Å²) in [6.45, 7) is 2.70. The van der Waals surface area contributed by atoms with E-state index in [0.717, 1.165) is 16.6 Å². The number of unbranched alkanes of at least 4 members (excludes halogenated alkanes) is 2. The molecule has 0 atom stereocenters. The van der Waals surface area contributed by atoms with E-state index in [-0.39, 0.29) is 5.82 Å². The smallest absolute Gasteiger partial charge is 0.128 e. The average molecular weight is 350 g/mol. The van der Waals surface area contributed by atoms with E-state index in [1.54, 1.807) is 12.1 Å². The normalized spacial score (nSPS) is 10.6. The van der Waals surface area contributed by atoms with Gasteiger partial charge in [0.25, 0.3) is 0 Å². The van der Waals surface area contributed by atoms with Crippen LogP contribution in [-0.2, 0) is 13.0 Å². The van der Waals surface area contributed by atoms with Gasteiger partial charge in [-0.2, -0.15) is 0 Å². The summed E-state index contributed by atoms with van der Waals surface area (Å²) >= 11 is 3.37. The summed E-state index contributed by atoms with van der Waals surface area (Å²) in [6.07, 6.45) is 4.90. The van der Waals surface area contributed by atoms with Crippen LogP contribution < -0.4 is 5.32 Å². The van der Waals surface area contributed by atoms with Crippen molar-refractivity contribution in [3.05, 3.63) is 63.9 Å². The molecule has 0 unspecified atom stereocenters. The molecule has 0 aliphatic rings. The maximum atomic E-state index is 13.6. The van der Waals surface area contributed by atoms with Crippen LogP contribution in [0.25, 0.3) is 0 Å². The molecular weight excluding hydrogens is 329 g/mol. The first-order valence-corrected chi connectivity index (χ1v) is 8.25. The Morgan fingerprint density at radius 3 is 2.52 bits per heavy atom. The average Bonchev–Trinajstić information content (AvgIpc) is 2.50. The highest BCUT2D eigenvalue weighted by atomic mass is 79.9. The zero-order valence-corrected chi connectivity index (χ0v) is 13.9. The molecule has 21 heavy (non-hydrogen) atoms. The van der Waals surface area contributed by atoms with Crippen LogP contribution in [0.15, 0.2) is 46.9 Å². The van der Waals surface area contributed by atoms with Gasteiger partial charge in [-0.05, 0) is 48.7 Å². The SMILES string of the molecule is CCCCCc1ccc(NCc2cc(Br)ccc2F)cc1. The minimum atomic E-state index is -0.179. The molecule has 0 aromatic heterocycles. The van der Waals surface area contributed by atoms with Crippen LogP contribution in [0.2, 0.25) is 0 Å². The Balaban J connectivity index is 1.90. The molecule has 2 rings (SSSR count). The van der Waals surface area contributed by atoms with Crippen molar-refractivity contribution in [1.82, 2.24) is 0 Å². The van der Waals surface area contributed by atoms with E-state index in [2.05, 4.69) is 52.4 Å². The highest BCUT2D eigenvalue weighted by molar-refractivity contribution is 9.10. The summed E-state index contributed by atoms with van der Waals surface area (Å²) in [5.41, 5.74) is 3.05. The first kappa shape index (κ1) is 16.0. The summed E-state index contributed by atoms with van der Waals surface area (Å²) < 4.78 is 14.5. The van der Waals surface area contributed by atoms with Crippen LogP contribution in [0.3, 0.4) is 0 Å². The first-order chi connectivity index (χ1) is 10.2. The largest absolute Gasteiger partial charge is 0.381 e. The van der Waals surface area contributed by atoms with E-state index in [1.807, 2.05) is 0 Å². The van der Waals surface area contributed by atoms with Crippen LogP contribution in [0, 0.1) is 5.82 Å². The van der Waals surface area contributed by atoms with E-state index >= 15 is 0 Å². The van der Waals surface area contributed by atoms with Gasteiger partial charge in [-0.25, -0.2) is 4.39 Å². The van der Waals surface area contributed by atoms with Crippen molar-refractivity contribution in [2.45, 2.75) is 39.2 Å². The Labute approximate surface area is 134 Å². The number of rotatable bonds is 7. The summed E-state index contributed by atoms with van der Waals surface area (Å²) in [5, 5.41) is 3.26. The monoisotopic (exact) mass is 349 g/mol. The number of aryl methyl sites for hydroxylation is 1. The molecule has 0 radical (unpaired) electrons. The Bertz CT molecular complexity index is 566. The zero-order chi connectivity index (χ0) is 15.1. The van der Waals surface area contributed by atoms with Gasteiger partial charge in [0.2, 0.25) is 0 Å². The van der Waals surface area contributed by atoms with Crippen LogP contribution >= 0.6 is 15.9 Å². The second-order valence-corrected chi connectivity index (χ2v) is 6.16. The predicted molar refractivity (Wildman–Crippen MR) is 91.1 cm³/mol. The lowest BCUT2D eigenvalue weighted by molar-refractivity contribution is 0.612. The summed E-state index contributed by atoms with van der Waals surface area (Å²) in [5.74, 6) is -0.179. The van der Waals surface area contributed by atoms with Crippen molar-refractivity contribution >= 4 is 21.6 Å². The van der Waals surface area contributed by atoms with Crippen molar-refractivity contribution in [1.29, 1.82) is 0 Å². The Kier molecular flexibility index (Phi) is 6.24. The van der Waals surface area contributed by atoms with Gasteiger partial charge in [0.05, 0.1) is 0 Å². The molecule has 1 N–H and O–H groups in total. The third kappa shape index (κ3) is 5.16. The van der Waals surface area contributed by atoms with Crippen LogP contribution in [-0.4, -0.2) is 0 Å². The number of nitrogens with one attached hydrogen (secondary N) is 1. The lowest BCUT2D eigenvalue weighted by atomic mass is 10.1.